The second kappa shape index (κ2) is 16.4. The average Bonchev–Trinajstić information content (AvgIpc) is 3.01. The molecule has 0 radical (unpaired) electrons. The second-order valence-electron chi connectivity index (χ2n) is 13.6. The summed E-state index contributed by atoms with van der Waals surface area (Å²) in [6, 6.07) is 21.6. The summed E-state index contributed by atoms with van der Waals surface area (Å²) in [6.45, 7) is 5.83. The summed E-state index contributed by atoms with van der Waals surface area (Å²) in [5.41, 5.74) is 0.518. The normalized spacial score (nSPS) is 20.7. The van der Waals surface area contributed by atoms with Crippen molar-refractivity contribution in [3.63, 3.8) is 0 Å². The van der Waals surface area contributed by atoms with E-state index in [0.29, 0.717) is 19.3 Å². The van der Waals surface area contributed by atoms with Crippen molar-refractivity contribution in [3.05, 3.63) is 78.4 Å². The number of fused-ring (bicyclic) bond motifs is 1. The Morgan fingerprint density at radius 1 is 1.00 bits per heavy atom. The molecule has 256 valence electrons. The standard InChI is InChI=1S/C36H49N3O6S2/c1-36(2,3)38-34(41)30-18-16-28(45-4)20-27(30)22-33(40)31(19-24-11-7-6-8-12-24)37-35(42)32(39-47(5,43)44)23-46-29-17-15-25-13-9-10-14-26(25)21-29/h6-15,17,21,27-28,30-33,39-40H,16,18-20,22-23H2,1-5H3,(H,37,42)(H,38,41)/t27?,28?,30?,31-,32+,33+/m0/s1. The minimum absolute atomic E-state index is 0.0245. The molecule has 47 heavy (non-hydrogen) atoms. The number of carbonyl (C=O) groups excluding carboxylic acids is 2. The minimum Gasteiger partial charge on any atom is -0.391 e. The van der Waals surface area contributed by atoms with Gasteiger partial charge in [-0.25, -0.2) is 13.1 Å². The van der Waals surface area contributed by atoms with Crippen molar-refractivity contribution in [1.82, 2.24) is 15.4 Å². The molecule has 3 aromatic rings. The topological polar surface area (TPSA) is 134 Å². The van der Waals surface area contributed by atoms with Crippen LogP contribution in [0.1, 0.15) is 52.0 Å². The van der Waals surface area contributed by atoms with Gasteiger partial charge in [0.25, 0.3) is 0 Å². The number of benzene rings is 3. The lowest BCUT2D eigenvalue weighted by Crippen LogP contribution is -2.54. The van der Waals surface area contributed by atoms with E-state index >= 15 is 0 Å². The van der Waals surface area contributed by atoms with Crippen LogP contribution in [0.15, 0.2) is 77.7 Å². The highest BCUT2D eigenvalue weighted by atomic mass is 32.2. The van der Waals surface area contributed by atoms with Crippen LogP contribution in [0.3, 0.4) is 0 Å². The molecule has 1 aliphatic carbocycles. The molecule has 0 spiro atoms. The van der Waals surface area contributed by atoms with Gasteiger partial charge in [-0.3, -0.25) is 9.59 Å². The first-order valence-electron chi connectivity index (χ1n) is 16.2. The molecule has 0 saturated heterocycles. The number of sulfonamides is 1. The van der Waals surface area contributed by atoms with Crippen molar-refractivity contribution in [2.75, 3.05) is 19.1 Å². The second-order valence-corrected chi connectivity index (χ2v) is 16.5. The van der Waals surface area contributed by atoms with Gasteiger partial charge in [0.1, 0.15) is 6.04 Å². The van der Waals surface area contributed by atoms with Gasteiger partial charge < -0.3 is 20.5 Å². The molecule has 1 aliphatic rings. The third kappa shape index (κ3) is 11.6. The van der Waals surface area contributed by atoms with E-state index in [2.05, 4.69) is 15.4 Å². The number of amides is 2. The first-order chi connectivity index (χ1) is 22.2. The van der Waals surface area contributed by atoms with Crippen molar-refractivity contribution in [1.29, 1.82) is 0 Å². The van der Waals surface area contributed by atoms with Crippen LogP contribution in [0.4, 0.5) is 0 Å². The number of aliphatic hydroxyl groups is 1. The summed E-state index contributed by atoms with van der Waals surface area (Å²) >= 11 is 1.38. The highest BCUT2D eigenvalue weighted by Gasteiger charge is 2.39. The molecule has 3 aromatic carbocycles. The minimum atomic E-state index is -3.73. The Kier molecular flexibility index (Phi) is 12.9. The Hall–Kier alpha value is -2.96. The molecule has 0 aromatic heterocycles. The van der Waals surface area contributed by atoms with Crippen LogP contribution in [-0.4, -0.2) is 74.3 Å². The van der Waals surface area contributed by atoms with Crippen LogP contribution >= 0.6 is 11.8 Å². The van der Waals surface area contributed by atoms with Gasteiger partial charge in [0, 0.05) is 29.2 Å². The van der Waals surface area contributed by atoms with Gasteiger partial charge in [0.05, 0.1) is 24.5 Å². The number of methoxy groups -OCH3 is 1. The molecule has 6 atom stereocenters. The molecule has 3 unspecified atom stereocenters. The van der Waals surface area contributed by atoms with E-state index in [9.17, 15) is 23.1 Å². The lowest BCUT2D eigenvalue weighted by atomic mass is 9.73. The Labute approximate surface area is 283 Å². The number of hydrogen-bond acceptors (Lipinski definition) is 7. The zero-order valence-electron chi connectivity index (χ0n) is 27.9. The smallest absolute Gasteiger partial charge is 0.239 e. The molecule has 9 nitrogen and oxygen atoms in total. The van der Waals surface area contributed by atoms with E-state index in [1.165, 1.54) is 11.8 Å². The van der Waals surface area contributed by atoms with E-state index in [-0.39, 0.29) is 36.0 Å². The van der Waals surface area contributed by atoms with Crippen LogP contribution in [-0.2, 0) is 30.8 Å². The zero-order valence-corrected chi connectivity index (χ0v) is 29.6. The summed E-state index contributed by atoms with van der Waals surface area (Å²) in [5.74, 6) is -0.894. The first-order valence-corrected chi connectivity index (χ1v) is 19.0. The molecule has 2 amide bonds. The largest absolute Gasteiger partial charge is 0.391 e. The molecule has 0 bridgehead atoms. The molecule has 1 fully saturated rings. The number of ether oxygens (including phenoxy) is 1. The Morgan fingerprint density at radius 3 is 2.34 bits per heavy atom. The van der Waals surface area contributed by atoms with Crippen molar-refractivity contribution < 1.29 is 27.9 Å². The maximum atomic E-state index is 13.8. The Balaban J connectivity index is 1.54. The van der Waals surface area contributed by atoms with Crippen molar-refractivity contribution in [3.8, 4) is 0 Å². The van der Waals surface area contributed by atoms with Crippen molar-refractivity contribution in [2.45, 2.75) is 87.6 Å². The highest BCUT2D eigenvalue weighted by Crippen LogP contribution is 2.36. The van der Waals surface area contributed by atoms with Crippen molar-refractivity contribution >= 4 is 44.4 Å². The van der Waals surface area contributed by atoms with Gasteiger partial charge in [-0.2, -0.15) is 0 Å². The lowest BCUT2D eigenvalue weighted by Gasteiger charge is -2.38. The highest BCUT2D eigenvalue weighted by molar-refractivity contribution is 7.99. The molecular weight excluding hydrogens is 635 g/mol. The summed E-state index contributed by atoms with van der Waals surface area (Å²) in [4.78, 5) is 28.1. The number of carbonyl (C=O) groups is 2. The van der Waals surface area contributed by atoms with Gasteiger partial charge >= 0.3 is 0 Å². The summed E-state index contributed by atoms with van der Waals surface area (Å²) in [7, 11) is -2.07. The van der Waals surface area contributed by atoms with Crippen molar-refractivity contribution in [2.24, 2.45) is 11.8 Å². The van der Waals surface area contributed by atoms with Gasteiger partial charge in [0.2, 0.25) is 21.8 Å². The van der Waals surface area contributed by atoms with E-state index in [1.807, 2.05) is 93.6 Å². The fourth-order valence-electron chi connectivity index (χ4n) is 6.27. The fraction of sp³-hybridized carbons (Fsp3) is 0.500. The number of hydrogen-bond donors (Lipinski definition) is 4. The van der Waals surface area contributed by atoms with Gasteiger partial charge in [-0.05, 0) is 87.3 Å². The lowest BCUT2D eigenvalue weighted by molar-refractivity contribution is -0.132. The third-order valence-corrected chi connectivity index (χ3v) is 10.3. The van der Waals surface area contributed by atoms with Crippen LogP contribution in [0.5, 0.6) is 0 Å². The quantitative estimate of drug-likeness (QED) is 0.182. The first kappa shape index (κ1) is 36.9. The molecule has 1 saturated carbocycles. The third-order valence-electron chi connectivity index (χ3n) is 8.55. The number of nitrogens with one attached hydrogen (secondary N) is 3. The van der Waals surface area contributed by atoms with E-state index in [1.54, 1.807) is 7.11 Å². The van der Waals surface area contributed by atoms with E-state index in [4.69, 9.17) is 4.74 Å². The molecule has 11 heteroatoms. The SMILES string of the molecule is COC1CCC(C(=O)NC(C)(C)C)C(C[C@@H](O)[C@H](Cc2ccccc2)NC(=O)[C@@H](CSc2ccc3ccccc3c2)NS(C)(=O)=O)C1. The maximum Gasteiger partial charge on any atom is 0.239 e. The molecule has 0 heterocycles. The van der Waals surface area contributed by atoms with E-state index in [0.717, 1.165) is 33.9 Å². The Bertz CT molecular complexity index is 1600. The predicted molar refractivity (Wildman–Crippen MR) is 189 cm³/mol. The fourth-order valence-corrected chi connectivity index (χ4v) is 8.05. The van der Waals surface area contributed by atoms with Crippen LogP contribution in [0.25, 0.3) is 10.8 Å². The number of thioether (sulfide) groups is 1. The van der Waals surface area contributed by atoms with Gasteiger partial charge in [0.15, 0.2) is 0 Å². The monoisotopic (exact) mass is 683 g/mol. The summed E-state index contributed by atoms with van der Waals surface area (Å²) < 4.78 is 32.9. The molecule has 0 aliphatic heterocycles. The van der Waals surface area contributed by atoms with Gasteiger partial charge in [-0.1, -0.05) is 60.7 Å². The molecule has 4 N–H and O–H groups in total. The molecule has 4 rings (SSSR count). The van der Waals surface area contributed by atoms with Crippen LogP contribution in [0.2, 0.25) is 0 Å². The van der Waals surface area contributed by atoms with Gasteiger partial charge in [-0.15, -0.1) is 11.8 Å². The number of aliphatic hydroxyl groups excluding tert-OH is 1. The number of rotatable bonds is 14. The average molecular weight is 684 g/mol. The maximum absolute atomic E-state index is 13.8. The zero-order chi connectivity index (χ0) is 34.2. The summed E-state index contributed by atoms with van der Waals surface area (Å²) in [6.07, 6.45) is 2.61. The van der Waals surface area contributed by atoms with Crippen LogP contribution < -0.4 is 15.4 Å². The van der Waals surface area contributed by atoms with E-state index < -0.39 is 39.7 Å². The Morgan fingerprint density at radius 2 is 1.68 bits per heavy atom. The summed E-state index contributed by atoms with van der Waals surface area (Å²) in [5, 5.41) is 20.0. The predicted octanol–water partition coefficient (Wildman–Crippen LogP) is 4.67. The molecular formula is C36H49N3O6S2. The van der Waals surface area contributed by atoms with Crippen LogP contribution in [0, 0.1) is 11.8 Å².